The molecule has 0 radical (unpaired) electrons. The Morgan fingerprint density at radius 3 is 2.24 bits per heavy atom. The molecule has 1 N–H and O–H groups in total. The highest BCUT2D eigenvalue weighted by atomic mass is 16.7. The second-order valence-electron chi connectivity index (χ2n) is 6.30. The molecule has 0 amide bonds. The number of aryl methyl sites for hydroxylation is 2. The first-order valence-electron chi connectivity index (χ1n) is 7.64. The Hall–Kier alpha value is -1.10. The van der Waals surface area contributed by atoms with Crippen LogP contribution in [0.25, 0.3) is 0 Å². The minimum atomic E-state index is -0.857. The highest BCUT2D eigenvalue weighted by molar-refractivity contribution is 5.47. The second-order valence-corrected chi connectivity index (χ2v) is 6.30. The number of hydrogen-bond donors (Lipinski definition) is 1. The number of benzene rings is 1. The van der Waals surface area contributed by atoms with Gasteiger partial charge in [0.2, 0.25) is 0 Å². The molecule has 1 aliphatic heterocycles. The average Bonchev–Trinajstić information content (AvgIpc) is 2.90. The summed E-state index contributed by atoms with van der Waals surface area (Å²) in [4.78, 5) is 0. The molecule has 1 heterocycles. The first kappa shape index (κ1) is 14.8. The maximum atomic E-state index is 11.2. The van der Waals surface area contributed by atoms with Gasteiger partial charge in [0.1, 0.15) is 5.75 Å². The van der Waals surface area contributed by atoms with Crippen LogP contribution in [0.2, 0.25) is 0 Å². The summed E-state index contributed by atoms with van der Waals surface area (Å²) in [5, 5.41) is 11.2. The summed E-state index contributed by atoms with van der Waals surface area (Å²) in [5.41, 5.74) is 2.29. The lowest BCUT2D eigenvalue weighted by atomic mass is 9.75. The van der Waals surface area contributed by atoms with E-state index in [9.17, 15) is 5.11 Å². The van der Waals surface area contributed by atoms with E-state index in [1.807, 2.05) is 19.9 Å². The Morgan fingerprint density at radius 1 is 1.05 bits per heavy atom. The predicted octanol–water partition coefficient (Wildman–Crippen LogP) is 2.82. The minimum Gasteiger partial charge on any atom is -0.496 e. The summed E-state index contributed by atoms with van der Waals surface area (Å²) in [6, 6.07) is 4.09. The van der Waals surface area contributed by atoms with Gasteiger partial charge in [-0.25, -0.2) is 0 Å². The molecule has 4 heteroatoms. The van der Waals surface area contributed by atoms with Crippen LogP contribution in [-0.2, 0) is 15.1 Å². The monoisotopic (exact) mass is 292 g/mol. The lowest BCUT2D eigenvalue weighted by Gasteiger charge is -2.41. The first-order valence-corrected chi connectivity index (χ1v) is 7.64. The summed E-state index contributed by atoms with van der Waals surface area (Å²) < 4.78 is 17.0. The van der Waals surface area contributed by atoms with Gasteiger partial charge in [0.15, 0.2) is 5.79 Å². The highest BCUT2D eigenvalue weighted by Gasteiger charge is 2.47. The highest BCUT2D eigenvalue weighted by Crippen LogP contribution is 2.48. The third-order valence-electron chi connectivity index (χ3n) is 4.78. The molecular formula is C17H24O4. The summed E-state index contributed by atoms with van der Waals surface area (Å²) >= 11 is 0. The standard InChI is InChI=1S/C17H24O4/c1-12-10-13(2)15(14(11-12)19-3)16(18)4-6-17(7-5-16)20-8-9-21-17/h10-11,18H,4-9H2,1-3H3. The van der Waals surface area contributed by atoms with E-state index in [0.717, 1.165) is 35.3 Å². The van der Waals surface area contributed by atoms with Gasteiger partial charge < -0.3 is 19.3 Å². The molecule has 1 saturated carbocycles. The quantitative estimate of drug-likeness (QED) is 0.910. The Labute approximate surface area is 126 Å². The second kappa shape index (κ2) is 5.27. The maximum Gasteiger partial charge on any atom is 0.168 e. The number of hydrogen-bond acceptors (Lipinski definition) is 4. The van der Waals surface area contributed by atoms with Gasteiger partial charge in [0, 0.05) is 18.4 Å². The molecule has 1 saturated heterocycles. The molecule has 1 aromatic rings. The smallest absolute Gasteiger partial charge is 0.168 e. The molecule has 3 rings (SSSR count). The van der Waals surface area contributed by atoms with Gasteiger partial charge in [0.05, 0.1) is 25.9 Å². The van der Waals surface area contributed by atoms with E-state index in [2.05, 4.69) is 6.07 Å². The Bertz CT molecular complexity index is 522. The van der Waals surface area contributed by atoms with Crippen LogP contribution in [0.1, 0.15) is 42.4 Å². The Morgan fingerprint density at radius 2 is 1.67 bits per heavy atom. The fourth-order valence-electron chi connectivity index (χ4n) is 3.77. The molecule has 0 bridgehead atoms. The van der Waals surface area contributed by atoms with Gasteiger partial charge in [-0.2, -0.15) is 0 Å². The van der Waals surface area contributed by atoms with Crippen molar-refractivity contribution < 1.29 is 19.3 Å². The normalized spacial score (nSPS) is 23.4. The molecule has 2 fully saturated rings. The van der Waals surface area contributed by atoms with Crippen LogP contribution in [0.3, 0.4) is 0 Å². The number of ether oxygens (including phenoxy) is 3. The van der Waals surface area contributed by atoms with Gasteiger partial charge >= 0.3 is 0 Å². The van der Waals surface area contributed by atoms with Gasteiger partial charge in [-0.3, -0.25) is 0 Å². The minimum absolute atomic E-state index is 0.460. The first-order chi connectivity index (χ1) is 9.98. The van der Waals surface area contributed by atoms with Crippen LogP contribution < -0.4 is 4.74 Å². The summed E-state index contributed by atoms with van der Waals surface area (Å²) in [6.07, 6.45) is 2.71. The zero-order valence-corrected chi connectivity index (χ0v) is 13.1. The van der Waals surface area contributed by atoms with E-state index in [0.29, 0.717) is 26.1 Å². The van der Waals surface area contributed by atoms with Crippen molar-refractivity contribution in [2.24, 2.45) is 0 Å². The van der Waals surface area contributed by atoms with Crippen molar-refractivity contribution in [2.45, 2.75) is 50.9 Å². The van der Waals surface area contributed by atoms with E-state index in [4.69, 9.17) is 14.2 Å². The van der Waals surface area contributed by atoms with Crippen LogP contribution in [0.5, 0.6) is 5.75 Å². The van der Waals surface area contributed by atoms with Gasteiger partial charge in [-0.05, 0) is 43.9 Å². The van der Waals surface area contributed by atoms with E-state index in [1.165, 1.54) is 0 Å². The zero-order chi connectivity index (χ0) is 15.1. The van der Waals surface area contributed by atoms with Gasteiger partial charge in [-0.15, -0.1) is 0 Å². The Balaban J connectivity index is 1.90. The molecule has 116 valence electrons. The lowest BCUT2D eigenvalue weighted by Crippen LogP contribution is -2.42. The molecular weight excluding hydrogens is 268 g/mol. The van der Waals surface area contributed by atoms with Crippen molar-refractivity contribution >= 4 is 0 Å². The van der Waals surface area contributed by atoms with E-state index >= 15 is 0 Å². The van der Waals surface area contributed by atoms with Crippen molar-refractivity contribution in [3.05, 3.63) is 28.8 Å². The number of methoxy groups -OCH3 is 1. The topological polar surface area (TPSA) is 47.9 Å². The van der Waals surface area contributed by atoms with Crippen LogP contribution in [0.15, 0.2) is 12.1 Å². The third kappa shape index (κ3) is 2.56. The largest absolute Gasteiger partial charge is 0.496 e. The molecule has 0 aromatic heterocycles. The molecule has 4 nitrogen and oxygen atoms in total. The molecule has 1 aliphatic carbocycles. The van der Waals surface area contributed by atoms with Crippen molar-refractivity contribution in [3.8, 4) is 5.75 Å². The molecule has 21 heavy (non-hydrogen) atoms. The van der Waals surface area contributed by atoms with E-state index in [1.54, 1.807) is 7.11 Å². The van der Waals surface area contributed by atoms with Crippen LogP contribution in [-0.4, -0.2) is 31.2 Å². The van der Waals surface area contributed by atoms with Crippen molar-refractivity contribution in [1.29, 1.82) is 0 Å². The van der Waals surface area contributed by atoms with Crippen LogP contribution in [0.4, 0.5) is 0 Å². The van der Waals surface area contributed by atoms with Crippen LogP contribution in [0, 0.1) is 13.8 Å². The number of rotatable bonds is 2. The fourth-order valence-corrected chi connectivity index (χ4v) is 3.77. The van der Waals surface area contributed by atoms with Gasteiger partial charge in [0.25, 0.3) is 0 Å². The molecule has 0 atom stereocenters. The molecule has 1 spiro atoms. The summed E-state index contributed by atoms with van der Waals surface area (Å²) in [7, 11) is 1.66. The van der Waals surface area contributed by atoms with Crippen molar-refractivity contribution in [2.75, 3.05) is 20.3 Å². The van der Waals surface area contributed by atoms with Crippen LogP contribution >= 0.6 is 0 Å². The summed E-state index contributed by atoms with van der Waals surface area (Å²) in [6.45, 7) is 5.39. The van der Waals surface area contributed by atoms with Crippen molar-refractivity contribution in [1.82, 2.24) is 0 Å². The van der Waals surface area contributed by atoms with Crippen molar-refractivity contribution in [3.63, 3.8) is 0 Å². The molecule has 0 unspecified atom stereocenters. The zero-order valence-electron chi connectivity index (χ0n) is 13.1. The Kier molecular flexibility index (Phi) is 3.72. The van der Waals surface area contributed by atoms with E-state index in [-0.39, 0.29) is 0 Å². The number of aliphatic hydroxyl groups is 1. The fraction of sp³-hybridized carbons (Fsp3) is 0.647. The summed E-state index contributed by atoms with van der Waals surface area (Å²) in [5.74, 6) is 0.317. The molecule has 1 aromatic carbocycles. The average molecular weight is 292 g/mol. The maximum absolute atomic E-state index is 11.2. The van der Waals surface area contributed by atoms with Gasteiger partial charge in [-0.1, -0.05) is 6.07 Å². The SMILES string of the molecule is COc1cc(C)cc(C)c1C1(O)CCC2(CC1)OCCO2. The third-order valence-corrected chi connectivity index (χ3v) is 4.78. The predicted molar refractivity (Wildman–Crippen MR) is 79.5 cm³/mol. The lowest BCUT2D eigenvalue weighted by molar-refractivity contribution is -0.204. The molecule has 2 aliphatic rings. The van der Waals surface area contributed by atoms with E-state index < -0.39 is 11.4 Å².